The van der Waals surface area contributed by atoms with Crippen molar-refractivity contribution in [2.75, 3.05) is 0 Å². The molecule has 0 spiro atoms. The fourth-order valence-electron chi connectivity index (χ4n) is 2.73. The molecule has 144 valence electrons. The molecule has 5 nitrogen and oxygen atoms in total. The summed E-state index contributed by atoms with van der Waals surface area (Å²) in [5, 5.41) is 10.4. The molecule has 0 saturated carbocycles. The predicted molar refractivity (Wildman–Crippen MR) is 103 cm³/mol. The monoisotopic (exact) mass is 370 g/mol. The molecule has 0 amide bonds. The SMILES string of the molecule is CCCC(=O)Oc1ccc(COc2ccc(C(C)=O)c(O)c2CCC)cc1. The first-order chi connectivity index (χ1) is 13.0. The number of hydrogen-bond acceptors (Lipinski definition) is 5. The number of carbonyl (C=O) groups excluding carboxylic acids is 2. The van der Waals surface area contributed by atoms with Gasteiger partial charge >= 0.3 is 5.97 Å². The highest BCUT2D eigenvalue weighted by Gasteiger charge is 2.16. The zero-order valence-corrected chi connectivity index (χ0v) is 16.1. The van der Waals surface area contributed by atoms with Crippen LogP contribution in [0.15, 0.2) is 36.4 Å². The molecule has 0 atom stereocenters. The van der Waals surface area contributed by atoms with Gasteiger partial charge < -0.3 is 14.6 Å². The van der Waals surface area contributed by atoms with Crippen LogP contribution in [0.1, 0.15) is 61.5 Å². The first-order valence-electron chi connectivity index (χ1n) is 9.24. The topological polar surface area (TPSA) is 72.8 Å². The minimum atomic E-state index is -0.244. The van der Waals surface area contributed by atoms with Crippen LogP contribution in [-0.4, -0.2) is 16.9 Å². The first-order valence-corrected chi connectivity index (χ1v) is 9.24. The van der Waals surface area contributed by atoms with Crippen LogP contribution in [0.5, 0.6) is 17.2 Å². The zero-order chi connectivity index (χ0) is 19.8. The Hall–Kier alpha value is -2.82. The fourth-order valence-corrected chi connectivity index (χ4v) is 2.73. The molecule has 0 bridgehead atoms. The quantitative estimate of drug-likeness (QED) is 0.389. The van der Waals surface area contributed by atoms with Crippen LogP contribution < -0.4 is 9.47 Å². The van der Waals surface area contributed by atoms with Gasteiger partial charge in [0.2, 0.25) is 0 Å². The van der Waals surface area contributed by atoms with E-state index in [0.29, 0.717) is 42.1 Å². The number of hydrogen-bond donors (Lipinski definition) is 1. The van der Waals surface area contributed by atoms with Crippen LogP contribution in [0.25, 0.3) is 0 Å². The number of carbonyl (C=O) groups is 2. The molecule has 0 aliphatic heterocycles. The van der Waals surface area contributed by atoms with Crippen molar-refractivity contribution >= 4 is 11.8 Å². The van der Waals surface area contributed by atoms with Crippen LogP contribution in [0.4, 0.5) is 0 Å². The summed E-state index contributed by atoms with van der Waals surface area (Å²) in [7, 11) is 0. The minimum absolute atomic E-state index is 0.0000319. The maximum atomic E-state index is 11.6. The normalized spacial score (nSPS) is 10.5. The second-order valence-electron chi connectivity index (χ2n) is 6.40. The molecule has 0 aromatic heterocycles. The van der Waals surface area contributed by atoms with Gasteiger partial charge in [0, 0.05) is 12.0 Å². The molecule has 1 N–H and O–H groups in total. The smallest absolute Gasteiger partial charge is 0.311 e. The Bertz CT molecular complexity index is 793. The summed E-state index contributed by atoms with van der Waals surface area (Å²) in [6.45, 7) is 5.66. The minimum Gasteiger partial charge on any atom is -0.507 e. The number of phenols is 1. The van der Waals surface area contributed by atoms with Crippen molar-refractivity contribution in [2.24, 2.45) is 0 Å². The molecule has 0 aliphatic carbocycles. The highest BCUT2D eigenvalue weighted by Crippen LogP contribution is 2.33. The van der Waals surface area contributed by atoms with Crippen LogP contribution >= 0.6 is 0 Å². The number of phenolic OH excluding ortho intramolecular Hbond substituents is 1. The molecule has 27 heavy (non-hydrogen) atoms. The van der Waals surface area contributed by atoms with E-state index in [0.717, 1.165) is 18.4 Å². The summed E-state index contributed by atoms with van der Waals surface area (Å²) >= 11 is 0. The van der Waals surface area contributed by atoms with E-state index in [4.69, 9.17) is 9.47 Å². The standard InChI is InChI=1S/C22H26O5/c1-4-6-19-20(13-12-18(15(3)23)22(19)25)26-14-16-8-10-17(11-9-16)27-21(24)7-5-2/h8-13,25H,4-7,14H2,1-3H3. The summed E-state index contributed by atoms with van der Waals surface area (Å²) in [4.78, 5) is 23.1. The van der Waals surface area contributed by atoms with Gasteiger partial charge in [-0.05, 0) is 49.6 Å². The third-order valence-corrected chi connectivity index (χ3v) is 4.12. The van der Waals surface area contributed by atoms with E-state index in [1.165, 1.54) is 6.92 Å². The maximum Gasteiger partial charge on any atom is 0.311 e. The van der Waals surface area contributed by atoms with Gasteiger partial charge in [0.05, 0.1) is 5.56 Å². The lowest BCUT2D eigenvalue weighted by molar-refractivity contribution is -0.134. The predicted octanol–water partition coefficient (Wildman–Crippen LogP) is 4.83. The van der Waals surface area contributed by atoms with Gasteiger partial charge in [0.25, 0.3) is 0 Å². The molecule has 2 aromatic carbocycles. The molecule has 2 aromatic rings. The summed E-state index contributed by atoms with van der Waals surface area (Å²) in [5.74, 6) is 0.654. The van der Waals surface area contributed by atoms with Gasteiger partial charge in [-0.25, -0.2) is 0 Å². The van der Waals surface area contributed by atoms with E-state index in [1.54, 1.807) is 24.3 Å². The van der Waals surface area contributed by atoms with E-state index in [1.807, 2.05) is 26.0 Å². The Labute approximate surface area is 159 Å². The van der Waals surface area contributed by atoms with Gasteiger partial charge in [0.1, 0.15) is 23.9 Å². The van der Waals surface area contributed by atoms with Crippen molar-refractivity contribution < 1.29 is 24.2 Å². The van der Waals surface area contributed by atoms with E-state index >= 15 is 0 Å². The van der Waals surface area contributed by atoms with E-state index in [-0.39, 0.29) is 17.5 Å². The number of ketones is 1. The van der Waals surface area contributed by atoms with Crippen molar-refractivity contribution in [1.29, 1.82) is 0 Å². The van der Waals surface area contributed by atoms with Crippen molar-refractivity contribution in [3.63, 3.8) is 0 Å². The Morgan fingerprint density at radius 2 is 1.70 bits per heavy atom. The zero-order valence-electron chi connectivity index (χ0n) is 16.1. The number of Topliss-reactive ketones (excluding diaryl/α,β-unsaturated/α-hetero) is 1. The van der Waals surface area contributed by atoms with Gasteiger partial charge in [-0.15, -0.1) is 0 Å². The third kappa shape index (κ3) is 5.58. The van der Waals surface area contributed by atoms with E-state index in [2.05, 4.69) is 0 Å². The summed E-state index contributed by atoms with van der Waals surface area (Å²) in [6.07, 6.45) is 2.59. The first kappa shape index (κ1) is 20.5. The van der Waals surface area contributed by atoms with Crippen LogP contribution in [0.3, 0.4) is 0 Å². The van der Waals surface area contributed by atoms with Crippen molar-refractivity contribution in [1.82, 2.24) is 0 Å². The molecule has 0 saturated heterocycles. The van der Waals surface area contributed by atoms with Crippen molar-refractivity contribution in [3.05, 3.63) is 53.1 Å². The van der Waals surface area contributed by atoms with Gasteiger partial charge in [-0.2, -0.15) is 0 Å². The number of aromatic hydroxyl groups is 1. The molecule has 0 aliphatic rings. The summed E-state index contributed by atoms with van der Waals surface area (Å²) in [5.41, 5.74) is 1.86. The second-order valence-corrected chi connectivity index (χ2v) is 6.40. The molecule has 2 rings (SSSR count). The molecule has 0 radical (unpaired) electrons. The average molecular weight is 370 g/mol. The maximum absolute atomic E-state index is 11.6. The van der Waals surface area contributed by atoms with Crippen molar-refractivity contribution in [2.45, 2.75) is 53.1 Å². The molecular formula is C22H26O5. The largest absolute Gasteiger partial charge is 0.507 e. The number of rotatable bonds is 9. The van der Waals surface area contributed by atoms with Crippen molar-refractivity contribution in [3.8, 4) is 17.2 Å². The molecule has 0 fully saturated rings. The Morgan fingerprint density at radius 1 is 1.00 bits per heavy atom. The van der Waals surface area contributed by atoms with E-state index in [9.17, 15) is 14.7 Å². The molecule has 0 heterocycles. The fraction of sp³-hybridized carbons (Fsp3) is 0.364. The van der Waals surface area contributed by atoms with Crippen LogP contribution in [0.2, 0.25) is 0 Å². The summed E-state index contributed by atoms with van der Waals surface area (Å²) in [6, 6.07) is 10.4. The van der Waals surface area contributed by atoms with Gasteiger partial charge in [-0.3, -0.25) is 9.59 Å². The highest BCUT2D eigenvalue weighted by molar-refractivity contribution is 5.97. The Balaban J connectivity index is 2.08. The number of ether oxygens (including phenoxy) is 2. The Morgan fingerprint density at radius 3 is 2.30 bits per heavy atom. The lowest BCUT2D eigenvalue weighted by Gasteiger charge is -2.15. The third-order valence-electron chi connectivity index (χ3n) is 4.12. The molecule has 0 unspecified atom stereocenters. The molecular weight excluding hydrogens is 344 g/mol. The van der Waals surface area contributed by atoms with Gasteiger partial charge in [0.15, 0.2) is 5.78 Å². The average Bonchev–Trinajstić information content (AvgIpc) is 2.63. The van der Waals surface area contributed by atoms with Crippen LogP contribution in [0, 0.1) is 0 Å². The lowest BCUT2D eigenvalue weighted by Crippen LogP contribution is -2.07. The number of esters is 1. The Kier molecular flexibility index (Phi) is 7.41. The lowest BCUT2D eigenvalue weighted by atomic mass is 10.0. The van der Waals surface area contributed by atoms with E-state index < -0.39 is 0 Å². The molecule has 5 heteroatoms. The second kappa shape index (κ2) is 9.76. The summed E-state index contributed by atoms with van der Waals surface area (Å²) < 4.78 is 11.1. The highest BCUT2D eigenvalue weighted by atomic mass is 16.5. The number of benzene rings is 2. The van der Waals surface area contributed by atoms with Gasteiger partial charge in [-0.1, -0.05) is 32.4 Å². The van der Waals surface area contributed by atoms with Crippen LogP contribution in [-0.2, 0) is 17.8 Å².